The van der Waals surface area contributed by atoms with Crippen LogP contribution in [0.4, 0.5) is 5.13 Å². The van der Waals surface area contributed by atoms with Crippen molar-refractivity contribution in [3.63, 3.8) is 0 Å². The Balaban J connectivity index is 2.95. The van der Waals surface area contributed by atoms with Gasteiger partial charge in [-0.05, 0) is 0 Å². The molecule has 1 rings (SSSR count). The molecule has 3 unspecified atom stereocenters. The molecule has 0 fully saturated rings. The fraction of sp³-hybridized carbons (Fsp3) is 0.667. The van der Waals surface area contributed by atoms with Gasteiger partial charge >= 0.3 is 0 Å². The molecule has 0 saturated heterocycles. The lowest BCUT2D eigenvalue weighted by molar-refractivity contribution is -0.165. The van der Waals surface area contributed by atoms with E-state index in [1.165, 1.54) is 19.5 Å². The average molecular weight is 399 g/mol. The molecule has 13 heteroatoms. The van der Waals surface area contributed by atoms with Crippen LogP contribution in [0.2, 0.25) is 0 Å². The van der Waals surface area contributed by atoms with E-state index in [1.807, 2.05) is 5.32 Å². The number of aliphatic hydroxyl groups excluding tert-OH is 3. The van der Waals surface area contributed by atoms with E-state index in [0.717, 1.165) is 21.9 Å². The molecule has 1 aromatic heterocycles. The van der Waals surface area contributed by atoms with E-state index >= 15 is 0 Å². The molecule has 0 spiro atoms. The molecule has 0 radical (unpaired) electrons. The molecule has 0 aromatic carbocycles. The summed E-state index contributed by atoms with van der Waals surface area (Å²) in [5.41, 5.74) is -2.79. The van der Waals surface area contributed by atoms with Crippen molar-refractivity contribution in [1.82, 2.24) is 10.3 Å². The van der Waals surface area contributed by atoms with Crippen molar-refractivity contribution in [1.29, 1.82) is 0 Å². The summed E-state index contributed by atoms with van der Waals surface area (Å²) in [6.45, 7) is -1.44. The molecule has 11 nitrogen and oxygen atoms in total. The molecule has 0 aliphatic rings. The number of carbonyl (C=O) groups is 1. The number of hydrogen-bond donors (Lipinski definition) is 5. The third kappa shape index (κ3) is 5.31. The Hall–Kier alpha value is -1.35. The van der Waals surface area contributed by atoms with E-state index in [-0.39, 0.29) is 17.4 Å². The van der Waals surface area contributed by atoms with Crippen molar-refractivity contribution < 1.29 is 38.4 Å². The van der Waals surface area contributed by atoms with Crippen molar-refractivity contribution in [2.24, 2.45) is 0 Å². The number of hydrogen-bond acceptors (Lipinski definition) is 10. The van der Waals surface area contributed by atoms with E-state index in [1.54, 1.807) is 0 Å². The first kappa shape index (κ1) is 21.7. The SMILES string of the molecule is COCC(O)C(O)C(O)(CO)NC(=O)c1csc(N(C)S(C)(=O)=O)n1. The molecular weight excluding hydrogens is 378 g/mol. The molecule has 0 aliphatic heterocycles. The second kappa shape index (κ2) is 8.35. The van der Waals surface area contributed by atoms with Crippen molar-refractivity contribution in [2.75, 3.05) is 37.9 Å². The Bertz CT molecular complexity index is 694. The fourth-order valence-electron chi connectivity index (χ4n) is 1.70. The zero-order chi connectivity index (χ0) is 19.4. The number of sulfonamides is 1. The fourth-order valence-corrected chi connectivity index (χ4v) is 3.24. The summed E-state index contributed by atoms with van der Waals surface area (Å²) in [5.74, 6) is -0.982. The maximum absolute atomic E-state index is 12.2. The van der Waals surface area contributed by atoms with E-state index in [9.17, 15) is 33.6 Å². The van der Waals surface area contributed by atoms with E-state index in [0.29, 0.717) is 0 Å². The summed E-state index contributed by atoms with van der Waals surface area (Å²) < 4.78 is 28.4. The number of aliphatic hydroxyl groups is 4. The number of carbonyl (C=O) groups excluding carboxylic acids is 1. The Morgan fingerprint density at radius 2 is 2.12 bits per heavy atom. The summed E-state index contributed by atoms with van der Waals surface area (Å²) in [4.78, 5) is 16.0. The van der Waals surface area contributed by atoms with Gasteiger partial charge in [-0.25, -0.2) is 17.7 Å². The van der Waals surface area contributed by atoms with Gasteiger partial charge in [-0.3, -0.25) is 4.79 Å². The van der Waals surface area contributed by atoms with E-state index in [2.05, 4.69) is 9.72 Å². The average Bonchev–Trinajstić information content (AvgIpc) is 3.02. The number of aromatic nitrogens is 1. The number of nitrogens with one attached hydrogen (secondary N) is 1. The van der Waals surface area contributed by atoms with Gasteiger partial charge in [-0.2, -0.15) is 0 Å². The molecule has 144 valence electrons. The Morgan fingerprint density at radius 1 is 1.52 bits per heavy atom. The van der Waals surface area contributed by atoms with Crippen LogP contribution in [-0.2, 0) is 14.8 Å². The molecule has 3 atom stereocenters. The predicted octanol–water partition coefficient (Wildman–Crippen LogP) is -2.68. The van der Waals surface area contributed by atoms with Crippen LogP contribution in [0.5, 0.6) is 0 Å². The number of nitrogens with zero attached hydrogens (tertiary/aromatic N) is 2. The first-order valence-electron chi connectivity index (χ1n) is 6.86. The Labute approximate surface area is 148 Å². The zero-order valence-electron chi connectivity index (χ0n) is 13.8. The summed E-state index contributed by atoms with van der Waals surface area (Å²) in [6, 6.07) is 0. The summed E-state index contributed by atoms with van der Waals surface area (Å²) in [7, 11) is -1.06. The van der Waals surface area contributed by atoms with Crippen LogP contribution in [0, 0.1) is 0 Å². The minimum absolute atomic E-state index is 0.0140. The van der Waals surface area contributed by atoms with Crippen LogP contribution in [-0.4, -0.2) is 91.3 Å². The van der Waals surface area contributed by atoms with Gasteiger partial charge in [-0.15, -0.1) is 11.3 Å². The molecule has 1 aromatic rings. The van der Waals surface area contributed by atoms with Crippen molar-refractivity contribution in [3.8, 4) is 0 Å². The molecule has 0 aliphatic carbocycles. The maximum atomic E-state index is 12.2. The number of amides is 1. The van der Waals surface area contributed by atoms with Crippen LogP contribution in [0.1, 0.15) is 10.5 Å². The minimum Gasteiger partial charge on any atom is -0.391 e. The summed E-state index contributed by atoms with van der Waals surface area (Å²) in [5, 5.41) is 42.2. The lowest BCUT2D eigenvalue weighted by Crippen LogP contribution is -2.63. The molecule has 5 N–H and O–H groups in total. The predicted molar refractivity (Wildman–Crippen MR) is 88.8 cm³/mol. The lowest BCUT2D eigenvalue weighted by atomic mass is 10.0. The first-order chi connectivity index (χ1) is 11.5. The standard InChI is InChI=1S/C12H21N3O8S2/c1-15(25(3,21)22)11-13-7(5-24-11)10(19)14-12(20,6-16)9(18)8(17)4-23-2/h5,8-9,16-18,20H,4,6H2,1-3H3,(H,14,19). The quantitative estimate of drug-likeness (QED) is 0.278. The van der Waals surface area contributed by atoms with Crippen LogP contribution >= 0.6 is 11.3 Å². The Kier molecular flexibility index (Phi) is 7.25. The lowest BCUT2D eigenvalue weighted by Gasteiger charge is -2.34. The van der Waals surface area contributed by atoms with Gasteiger partial charge in [0.05, 0.1) is 19.5 Å². The number of methoxy groups -OCH3 is 1. The summed E-state index contributed by atoms with van der Waals surface area (Å²) >= 11 is 0.868. The topological polar surface area (TPSA) is 170 Å². The van der Waals surface area contributed by atoms with E-state index in [4.69, 9.17) is 0 Å². The van der Waals surface area contributed by atoms with Gasteiger partial charge in [0.15, 0.2) is 10.9 Å². The van der Waals surface area contributed by atoms with Crippen LogP contribution in [0.15, 0.2) is 5.38 Å². The van der Waals surface area contributed by atoms with Crippen LogP contribution in [0.3, 0.4) is 0 Å². The summed E-state index contributed by atoms with van der Waals surface area (Å²) in [6.07, 6.45) is -2.56. The number of thiazole rings is 1. The van der Waals surface area contributed by atoms with Crippen molar-refractivity contribution >= 4 is 32.4 Å². The number of rotatable bonds is 9. The highest BCUT2D eigenvalue weighted by Gasteiger charge is 2.41. The van der Waals surface area contributed by atoms with Crippen LogP contribution < -0.4 is 9.62 Å². The minimum atomic E-state index is -3.57. The molecule has 0 saturated carbocycles. The number of anilines is 1. The molecule has 1 heterocycles. The highest BCUT2D eigenvalue weighted by Crippen LogP contribution is 2.22. The largest absolute Gasteiger partial charge is 0.391 e. The van der Waals surface area contributed by atoms with Crippen LogP contribution in [0.25, 0.3) is 0 Å². The molecule has 0 bridgehead atoms. The zero-order valence-corrected chi connectivity index (χ0v) is 15.4. The normalized spacial score (nSPS) is 16.8. The monoisotopic (exact) mass is 399 g/mol. The van der Waals surface area contributed by atoms with Gasteiger partial charge in [0.25, 0.3) is 5.91 Å². The smallest absolute Gasteiger partial charge is 0.273 e. The van der Waals surface area contributed by atoms with Gasteiger partial charge in [0.2, 0.25) is 10.0 Å². The highest BCUT2D eigenvalue weighted by atomic mass is 32.2. The third-order valence-electron chi connectivity index (χ3n) is 3.25. The highest BCUT2D eigenvalue weighted by molar-refractivity contribution is 7.92. The molecule has 1 amide bonds. The first-order valence-corrected chi connectivity index (χ1v) is 9.59. The van der Waals surface area contributed by atoms with Gasteiger partial charge < -0.3 is 30.5 Å². The molecular formula is C12H21N3O8S2. The second-order valence-corrected chi connectivity index (χ2v) is 8.10. The third-order valence-corrected chi connectivity index (χ3v) is 5.45. The van der Waals surface area contributed by atoms with Gasteiger partial charge in [-0.1, -0.05) is 0 Å². The Morgan fingerprint density at radius 3 is 2.60 bits per heavy atom. The number of ether oxygens (including phenoxy) is 1. The van der Waals surface area contributed by atoms with Gasteiger partial charge in [0.1, 0.15) is 17.9 Å². The molecule has 25 heavy (non-hydrogen) atoms. The van der Waals surface area contributed by atoms with Crippen molar-refractivity contribution in [2.45, 2.75) is 17.9 Å². The van der Waals surface area contributed by atoms with Gasteiger partial charge in [0, 0.05) is 19.5 Å². The maximum Gasteiger partial charge on any atom is 0.273 e. The second-order valence-electron chi connectivity index (χ2n) is 5.25. The van der Waals surface area contributed by atoms with Crippen molar-refractivity contribution in [3.05, 3.63) is 11.1 Å². The van der Waals surface area contributed by atoms with E-state index < -0.39 is 40.5 Å².